The van der Waals surface area contributed by atoms with Crippen LogP contribution in [0.15, 0.2) is 0 Å². The molecule has 0 aromatic rings. The molecule has 1 saturated heterocycles. The Morgan fingerprint density at radius 3 is 2.53 bits per heavy atom. The van der Waals surface area contributed by atoms with Crippen molar-refractivity contribution in [3.63, 3.8) is 0 Å². The van der Waals surface area contributed by atoms with E-state index in [0.717, 1.165) is 32.5 Å². The number of nitrogens with zero attached hydrogens (tertiary/aromatic N) is 1. The number of hydrogen-bond donors (Lipinski definition) is 2. The van der Waals surface area contributed by atoms with Gasteiger partial charge in [-0.1, -0.05) is 26.7 Å². The van der Waals surface area contributed by atoms with Crippen LogP contribution < -0.4 is 10.6 Å². The zero-order chi connectivity index (χ0) is 14.3. The molecule has 1 heterocycles. The second kappa shape index (κ2) is 8.54. The second-order valence-electron chi connectivity index (χ2n) is 5.90. The molecule has 0 aromatic carbocycles. The number of carbonyl (C=O) groups is 1. The fourth-order valence-corrected chi connectivity index (χ4v) is 3.03. The SMILES string of the molecule is CCC(CC)C(CNC(=O)[C@H]1CCCNC1)N(C)C. The van der Waals surface area contributed by atoms with E-state index in [9.17, 15) is 4.79 Å². The fraction of sp³-hybridized carbons (Fsp3) is 0.933. The van der Waals surface area contributed by atoms with Crippen LogP contribution in [0.1, 0.15) is 39.5 Å². The first-order valence-electron chi connectivity index (χ1n) is 7.74. The van der Waals surface area contributed by atoms with E-state index < -0.39 is 0 Å². The molecular weight excluding hydrogens is 238 g/mol. The largest absolute Gasteiger partial charge is 0.354 e. The predicted molar refractivity (Wildman–Crippen MR) is 80.2 cm³/mol. The summed E-state index contributed by atoms with van der Waals surface area (Å²) in [4.78, 5) is 14.4. The van der Waals surface area contributed by atoms with Gasteiger partial charge in [0.05, 0.1) is 5.92 Å². The van der Waals surface area contributed by atoms with E-state index in [4.69, 9.17) is 0 Å². The van der Waals surface area contributed by atoms with Gasteiger partial charge in [-0.05, 0) is 39.4 Å². The van der Waals surface area contributed by atoms with E-state index in [1.165, 1.54) is 12.8 Å². The lowest BCUT2D eigenvalue weighted by atomic mass is 9.92. The summed E-state index contributed by atoms with van der Waals surface area (Å²) in [6.07, 6.45) is 4.47. The summed E-state index contributed by atoms with van der Waals surface area (Å²) in [5.74, 6) is 1.04. The summed E-state index contributed by atoms with van der Waals surface area (Å²) in [5.41, 5.74) is 0. The Labute approximate surface area is 118 Å². The minimum atomic E-state index is 0.165. The molecule has 1 unspecified atom stereocenters. The molecule has 2 N–H and O–H groups in total. The van der Waals surface area contributed by atoms with Gasteiger partial charge < -0.3 is 15.5 Å². The van der Waals surface area contributed by atoms with Crippen LogP contribution in [-0.2, 0) is 4.79 Å². The van der Waals surface area contributed by atoms with Crippen molar-refractivity contribution >= 4 is 5.91 Å². The highest BCUT2D eigenvalue weighted by Gasteiger charge is 2.24. The third kappa shape index (κ3) is 5.11. The van der Waals surface area contributed by atoms with Crippen molar-refractivity contribution in [2.45, 2.75) is 45.6 Å². The first kappa shape index (κ1) is 16.4. The Morgan fingerprint density at radius 2 is 2.05 bits per heavy atom. The number of hydrogen-bond acceptors (Lipinski definition) is 3. The summed E-state index contributed by atoms with van der Waals surface area (Å²) >= 11 is 0. The van der Waals surface area contributed by atoms with Crippen molar-refractivity contribution in [3.05, 3.63) is 0 Å². The maximum atomic E-state index is 12.2. The molecule has 0 bridgehead atoms. The van der Waals surface area contributed by atoms with Gasteiger partial charge in [0.25, 0.3) is 0 Å². The van der Waals surface area contributed by atoms with Crippen LogP contribution in [0.25, 0.3) is 0 Å². The van der Waals surface area contributed by atoms with E-state index in [0.29, 0.717) is 12.0 Å². The average molecular weight is 269 g/mol. The molecule has 0 spiro atoms. The van der Waals surface area contributed by atoms with Crippen molar-refractivity contribution in [3.8, 4) is 0 Å². The molecule has 4 nitrogen and oxygen atoms in total. The highest BCUT2D eigenvalue weighted by atomic mass is 16.1. The van der Waals surface area contributed by atoms with E-state index in [1.54, 1.807) is 0 Å². The summed E-state index contributed by atoms with van der Waals surface area (Å²) in [6.45, 7) is 7.13. The topological polar surface area (TPSA) is 44.4 Å². The third-order valence-electron chi connectivity index (χ3n) is 4.41. The lowest BCUT2D eigenvalue weighted by Crippen LogP contribution is -2.48. The molecular formula is C15H31N3O. The molecule has 1 aliphatic heterocycles. The van der Waals surface area contributed by atoms with Gasteiger partial charge in [0.15, 0.2) is 0 Å². The monoisotopic (exact) mass is 269 g/mol. The number of carbonyl (C=O) groups excluding carboxylic acids is 1. The number of likely N-dealkylation sites (N-methyl/N-ethyl adjacent to an activating group) is 1. The molecule has 19 heavy (non-hydrogen) atoms. The van der Waals surface area contributed by atoms with Crippen LogP contribution in [0.4, 0.5) is 0 Å². The number of amides is 1. The van der Waals surface area contributed by atoms with Gasteiger partial charge >= 0.3 is 0 Å². The van der Waals surface area contributed by atoms with Crippen molar-refractivity contribution in [2.75, 3.05) is 33.7 Å². The van der Waals surface area contributed by atoms with E-state index in [2.05, 4.69) is 43.5 Å². The average Bonchev–Trinajstić information content (AvgIpc) is 2.43. The van der Waals surface area contributed by atoms with E-state index in [-0.39, 0.29) is 11.8 Å². The fourth-order valence-electron chi connectivity index (χ4n) is 3.03. The van der Waals surface area contributed by atoms with Crippen LogP contribution in [0.5, 0.6) is 0 Å². The Morgan fingerprint density at radius 1 is 1.37 bits per heavy atom. The predicted octanol–water partition coefficient (Wildman–Crippen LogP) is 1.47. The summed E-state index contributed by atoms with van der Waals surface area (Å²) < 4.78 is 0. The van der Waals surface area contributed by atoms with Gasteiger partial charge in [0.2, 0.25) is 5.91 Å². The smallest absolute Gasteiger partial charge is 0.224 e. The Hall–Kier alpha value is -0.610. The zero-order valence-corrected chi connectivity index (χ0v) is 13.0. The quantitative estimate of drug-likeness (QED) is 0.735. The number of rotatable bonds is 7. The lowest BCUT2D eigenvalue weighted by Gasteiger charge is -2.32. The molecule has 0 saturated carbocycles. The highest BCUT2D eigenvalue weighted by Crippen LogP contribution is 2.17. The number of nitrogens with one attached hydrogen (secondary N) is 2. The standard InChI is InChI=1S/C15H31N3O/c1-5-12(6-2)14(18(3)4)11-17-15(19)13-8-7-9-16-10-13/h12-14,16H,5-11H2,1-4H3,(H,17,19)/t13-,14?/m0/s1. The van der Waals surface area contributed by atoms with Gasteiger partial charge in [-0.25, -0.2) is 0 Å². The molecule has 0 radical (unpaired) electrons. The minimum Gasteiger partial charge on any atom is -0.354 e. The highest BCUT2D eigenvalue weighted by molar-refractivity contribution is 5.79. The molecule has 1 aliphatic rings. The molecule has 4 heteroatoms. The van der Waals surface area contributed by atoms with Crippen molar-refractivity contribution in [2.24, 2.45) is 11.8 Å². The molecule has 0 aromatic heterocycles. The molecule has 1 rings (SSSR count). The van der Waals surface area contributed by atoms with E-state index in [1.807, 2.05) is 0 Å². The first-order valence-corrected chi connectivity index (χ1v) is 7.74. The van der Waals surface area contributed by atoms with Gasteiger partial charge in [0, 0.05) is 19.1 Å². The van der Waals surface area contributed by atoms with Crippen LogP contribution in [-0.4, -0.2) is 50.6 Å². The lowest BCUT2D eigenvalue weighted by molar-refractivity contribution is -0.125. The molecule has 1 amide bonds. The van der Waals surface area contributed by atoms with Crippen LogP contribution in [0.2, 0.25) is 0 Å². The minimum absolute atomic E-state index is 0.165. The Kier molecular flexibility index (Phi) is 7.39. The van der Waals surface area contributed by atoms with Crippen LogP contribution >= 0.6 is 0 Å². The Balaban J connectivity index is 2.44. The van der Waals surface area contributed by atoms with Crippen molar-refractivity contribution < 1.29 is 4.79 Å². The van der Waals surface area contributed by atoms with Crippen molar-refractivity contribution in [1.29, 1.82) is 0 Å². The molecule has 112 valence electrons. The van der Waals surface area contributed by atoms with Gasteiger partial charge in [-0.15, -0.1) is 0 Å². The van der Waals surface area contributed by atoms with Crippen LogP contribution in [0.3, 0.4) is 0 Å². The van der Waals surface area contributed by atoms with Gasteiger partial charge in [-0.3, -0.25) is 4.79 Å². The van der Waals surface area contributed by atoms with Crippen molar-refractivity contribution in [1.82, 2.24) is 15.5 Å². The summed E-state index contributed by atoms with van der Waals surface area (Å²) in [7, 11) is 4.22. The molecule has 2 atom stereocenters. The summed E-state index contributed by atoms with van der Waals surface area (Å²) in [6, 6.07) is 0.440. The summed E-state index contributed by atoms with van der Waals surface area (Å²) in [5, 5.41) is 6.46. The zero-order valence-electron chi connectivity index (χ0n) is 13.0. The first-order chi connectivity index (χ1) is 9.10. The van der Waals surface area contributed by atoms with E-state index >= 15 is 0 Å². The van der Waals surface area contributed by atoms with Gasteiger partial charge in [0.1, 0.15) is 0 Å². The normalized spacial score (nSPS) is 21.7. The third-order valence-corrected chi connectivity index (χ3v) is 4.41. The number of piperidine rings is 1. The molecule has 1 fully saturated rings. The molecule has 0 aliphatic carbocycles. The second-order valence-corrected chi connectivity index (χ2v) is 5.90. The maximum absolute atomic E-state index is 12.2. The van der Waals surface area contributed by atoms with Gasteiger partial charge in [-0.2, -0.15) is 0 Å². The Bertz CT molecular complexity index is 258. The maximum Gasteiger partial charge on any atom is 0.224 e. The van der Waals surface area contributed by atoms with Crippen LogP contribution in [0, 0.1) is 11.8 Å².